The number of aryl methyl sites for hydroxylation is 1. The lowest BCUT2D eigenvalue weighted by Crippen LogP contribution is -2.43. The first-order valence-corrected chi connectivity index (χ1v) is 11.8. The molecule has 1 saturated heterocycles. The minimum Gasteiger partial charge on any atom is -0.482 e. The number of hydrogen-bond acceptors (Lipinski definition) is 5. The molecule has 0 aromatic heterocycles. The number of sulfonamides is 1. The van der Waals surface area contributed by atoms with Crippen molar-refractivity contribution in [1.29, 1.82) is 0 Å². The van der Waals surface area contributed by atoms with Crippen LogP contribution in [0.25, 0.3) is 0 Å². The maximum absolute atomic E-state index is 13.2. The van der Waals surface area contributed by atoms with Gasteiger partial charge in [0, 0.05) is 18.8 Å². The maximum Gasteiger partial charge on any atom is 0.262 e. The first-order valence-electron chi connectivity index (χ1n) is 10.3. The van der Waals surface area contributed by atoms with E-state index in [1.165, 1.54) is 28.1 Å². The molecule has 8 nitrogen and oxygen atoms in total. The summed E-state index contributed by atoms with van der Waals surface area (Å²) < 4.78 is 33.0. The zero-order chi connectivity index (χ0) is 22.0. The van der Waals surface area contributed by atoms with Crippen molar-refractivity contribution in [2.45, 2.75) is 31.1 Å². The highest BCUT2D eigenvalue weighted by Crippen LogP contribution is 2.32. The summed E-state index contributed by atoms with van der Waals surface area (Å²) in [5.41, 5.74) is 2.21. The summed E-state index contributed by atoms with van der Waals surface area (Å²) in [6.07, 6.45) is 2.14. The van der Waals surface area contributed by atoms with Crippen molar-refractivity contribution in [2.75, 3.05) is 30.3 Å². The van der Waals surface area contributed by atoms with Crippen LogP contribution in [-0.4, -0.2) is 44.2 Å². The number of ether oxygens (including phenoxy) is 1. The van der Waals surface area contributed by atoms with Crippen LogP contribution in [0.5, 0.6) is 5.75 Å². The highest BCUT2D eigenvalue weighted by molar-refractivity contribution is 7.89. The zero-order valence-corrected chi connectivity index (χ0v) is 18.1. The van der Waals surface area contributed by atoms with Crippen molar-refractivity contribution in [2.24, 2.45) is 5.92 Å². The Labute approximate surface area is 181 Å². The topological polar surface area (TPSA) is 105 Å². The molecule has 0 spiro atoms. The Balaban J connectivity index is 1.47. The van der Waals surface area contributed by atoms with Crippen LogP contribution in [-0.2, 0) is 26.0 Å². The molecule has 2 amide bonds. The molecule has 1 fully saturated rings. The van der Waals surface area contributed by atoms with E-state index in [9.17, 15) is 18.0 Å². The number of nitrogens with one attached hydrogen (secondary N) is 2. The van der Waals surface area contributed by atoms with Crippen LogP contribution >= 0.6 is 0 Å². The van der Waals surface area contributed by atoms with E-state index in [1.54, 1.807) is 0 Å². The van der Waals surface area contributed by atoms with Crippen LogP contribution in [0.1, 0.15) is 25.3 Å². The summed E-state index contributed by atoms with van der Waals surface area (Å²) in [6, 6.07) is 12.0. The SMILES string of the molecule is CCc1ccc(NC(=O)[C@@H]2CCCN(S(=O)(=O)c3ccc4c(c3)NC(=O)CO4)C2)cc1. The van der Waals surface area contributed by atoms with Gasteiger partial charge in [-0.05, 0) is 55.2 Å². The fraction of sp³-hybridized carbons (Fsp3) is 0.364. The predicted octanol–water partition coefficient (Wildman–Crippen LogP) is 2.62. The molecule has 2 N–H and O–H groups in total. The van der Waals surface area contributed by atoms with Gasteiger partial charge in [-0.1, -0.05) is 19.1 Å². The third-order valence-electron chi connectivity index (χ3n) is 5.61. The Morgan fingerprint density at radius 3 is 2.74 bits per heavy atom. The van der Waals surface area contributed by atoms with Gasteiger partial charge in [-0.25, -0.2) is 8.42 Å². The molecule has 0 radical (unpaired) electrons. The molecule has 0 aliphatic carbocycles. The Morgan fingerprint density at radius 1 is 1.23 bits per heavy atom. The van der Waals surface area contributed by atoms with E-state index in [0.717, 1.165) is 6.42 Å². The molecule has 2 aromatic carbocycles. The Hall–Kier alpha value is -2.91. The van der Waals surface area contributed by atoms with Crippen molar-refractivity contribution in [3.63, 3.8) is 0 Å². The number of amides is 2. The highest BCUT2D eigenvalue weighted by atomic mass is 32.2. The van der Waals surface area contributed by atoms with Crippen molar-refractivity contribution in [3.05, 3.63) is 48.0 Å². The fourth-order valence-corrected chi connectivity index (χ4v) is 5.37. The van der Waals surface area contributed by atoms with Gasteiger partial charge < -0.3 is 15.4 Å². The van der Waals surface area contributed by atoms with Gasteiger partial charge in [0.05, 0.1) is 16.5 Å². The molecule has 1 atom stereocenters. The first kappa shape index (κ1) is 21.3. The number of anilines is 2. The smallest absolute Gasteiger partial charge is 0.262 e. The summed E-state index contributed by atoms with van der Waals surface area (Å²) in [6.45, 7) is 2.43. The summed E-state index contributed by atoms with van der Waals surface area (Å²) >= 11 is 0. The molecule has 2 aromatic rings. The lowest BCUT2D eigenvalue weighted by molar-refractivity contribution is -0.121. The minimum atomic E-state index is -3.81. The molecule has 0 saturated carbocycles. The third-order valence-corrected chi connectivity index (χ3v) is 7.47. The largest absolute Gasteiger partial charge is 0.482 e. The fourth-order valence-electron chi connectivity index (χ4n) is 3.81. The van der Waals surface area contributed by atoms with Gasteiger partial charge in [-0.2, -0.15) is 4.31 Å². The molecular weight excluding hydrogens is 418 g/mol. The summed E-state index contributed by atoms with van der Waals surface area (Å²) in [7, 11) is -3.81. The van der Waals surface area contributed by atoms with Gasteiger partial charge >= 0.3 is 0 Å². The van der Waals surface area contributed by atoms with Crippen LogP contribution in [0.15, 0.2) is 47.4 Å². The molecule has 2 aliphatic rings. The molecule has 0 unspecified atom stereocenters. The number of benzene rings is 2. The minimum absolute atomic E-state index is 0.0632. The molecule has 0 bridgehead atoms. The Kier molecular flexibility index (Phi) is 5.97. The molecular formula is C22H25N3O5S. The number of piperidine rings is 1. The lowest BCUT2D eigenvalue weighted by atomic mass is 9.98. The van der Waals surface area contributed by atoms with Gasteiger partial charge in [-0.15, -0.1) is 0 Å². The van der Waals surface area contributed by atoms with Gasteiger partial charge in [0.25, 0.3) is 5.91 Å². The van der Waals surface area contributed by atoms with E-state index in [4.69, 9.17) is 4.74 Å². The molecule has 164 valence electrons. The number of carbonyl (C=O) groups excluding carboxylic acids is 2. The normalized spacial score (nSPS) is 19.1. The van der Waals surface area contributed by atoms with E-state index < -0.39 is 15.9 Å². The van der Waals surface area contributed by atoms with Crippen LogP contribution in [0.2, 0.25) is 0 Å². The first-order chi connectivity index (χ1) is 14.9. The second-order valence-corrected chi connectivity index (χ2v) is 9.67. The zero-order valence-electron chi connectivity index (χ0n) is 17.3. The second-order valence-electron chi connectivity index (χ2n) is 7.74. The molecule has 9 heteroatoms. The quantitative estimate of drug-likeness (QED) is 0.739. The van der Waals surface area contributed by atoms with Crippen LogP contribution < -0.4 is 15.4 Å². The van der Waals surface area contributed by atoms with E-state index in [2.05, 4.69) is 17.6 Å². The summed E-state index contributed by atoms with van der Waals surface area (Å²) in [5.74, 6) is -0.516. The van der Waals surface area contributed by atoms with Crippen molar-refractivity contribution in [3.8, 4) is 5.75 Å². The monoisotopic (exact) mass is 443 g/mol. The maximum atomic E-state index is 13.2. The van der Waals surface area contributed by atoms with Gasteiger partial charge in [0.15, 0.2) is 6.61 Å². The number of nitrogens with zero attached hydrogens (tertiary/aromatic N) is 1. The number of fused-ring (bicyclic) bond motifs is 1. The van der Waals surface area contributed by atoms with Crippen molar-refractivity contribution in [1.82, 2.24) is 4.31 Å². The average Bonchev–Trinajstić information content (AvgIpc) is 2.79. The van der Waals surface area contributed by atoms with Crippen LogP contribution in [0.3, 0.4) is 0 Å². The summed E-state index contributed by atoms with van der Waals surface area (Å²) in [4.78, 5) is 24.4. The van der Waals surface area contributed by atoms with E-state index in [-0.39, 0.29) is 29.9 Å². The molecule has 2 heterocycles. The van der Waals surface area contributed by atoms with E-state index in [0.29, 0.717) is 36.5 Å². The Bertz CT molecular complexity index is 1100. The standard InChI is InChI=1S/C22H25N3O5S/c1-2-15-5-7-17(8-6-15)23-22(27)16-4-3-11-25(13-16)31(28,29)18-9-10-20-19(12-18)24-21(26)14-30-20/h5-10,12,16H,2-4,11,13-14H2,1H3,(H,23,27)(H,24,26)/t16-/m1/s1. The van der Waals surface area contributed by atoms with Crippen molar-refractivity contribution < 1.29 is 22.7 Å². The molecule has 4 rings (SSSR count). The average molecular weight is 444 g/mol. The van der Waals surface area contributed by atoms with Crippen LogP contribution in [0, 0.1) is 5.92 Å². The number of carbonyl (C=O) groups is 2. The van der Waals surface area contributed by atoms with Gasteiger partial charge in [-0.3, -0.25) is 9.59 Å². The lowest BCUT2D eigenvalue weighted by Gasteiger charge is -2.31. The van der Waals surface area contributed by atoms with E-state index in [1.807, 2.05) is 24.3 Å². The molecule has 31 heavy (non-hydrogen) atoms. The summed E-state index contributed by atoms with van der Waals surface area (Å²) in [5, 5.41) is 5.52. The van der Waals surface area contributed by atoms with Gasteiger partial charge in [0.2, 0.25) is 15.9 Å². The van der Waals surface area contributed by atoms with E-state index >= 15 is 0 Å². The van der Waals surface area contributed by atoms with Crippen LogP contribution in [0.4, 0.5) is 11.4 Å². The van der Waals surface area contributed by atoms with Crippen molar-refractivity contribution >= 4 is 33.2 Å². The Morgan fingerprint density at radius 2 is 2.00 bits per heavy atom. The molecule has 2 aliphatic heterocycles. The number of rotatable bonds is 5. The number of hydrogen-bond donors (Lipinski definition) is 2. The van der Waals surface area contributed by atoms with Gasteiger partial charge in [0.1, 0.15) is 5.75 Å². The second kappa shape index (κ2) is 8.68. The highest BCUT2D eigenvalue weighted by Gasteiger charge is 2.34. The predicted molar refractivity (Wildman–Crippen MR) is 116 cm³/mol. The third kappa shape index (κ3) is 4.57.